The highest BCUT2D eigenvalue weighted by Gasteiger charge is 2.17. The number of carbonyl (C=O) groups excluding carboxylic acids is 2. The van der Waals surface area contributed by atoms with Crippen molar-refractivity contribution < 1.29 is 19.2 Å². The molecule has 0 saturated carbocycles. The van der Waals surface area contributed by atoms with Crippen molar-refractivity contribution >= 4 is 11.8 Å². The molecule has 1 unspecified atom stereocenters. The van der Waals surface area contributed by atoms with Gasteiger partial charge in [-0.15, -0.1) is 6.42 Å². The van der Waals surface area contributed by atoms with Gasteiger partial charge in [0.25, 0.3) is 6.04 Å². The molecule has 0 aliphatic heterocycles. The van der Waals surface area contributed by atoms with E-state index >= 15 is 0 Å². The maximum Gasteiger partial charge on any atom is 0.313 e. The van der Waals surface area contributed by atoms with Gasteiger partial charge in [0.2, 0.25) is 0 Å². The maximum atomic E-state index is 10.8. The van der Waals surface area contributed by atoms with Crippen molar-refractivity contribution in [3.63, 3.8) is 0 Å². The van der Waals surface area contributed by atoms with Crippen LogP contribution in [0.15, 0.2) is 0 Å². The zero-order valence-electron chi connectivity index (χ0n) is 8.26. The Morgan fingerprint density at radius 1 is 1.60 bits per heavy atom. The second-order valence-electron chi connectivity index (χ2n) is 2.86. The van der Waals surface area contributed by atoms with E-state index in [0.717, 1.165) is 0 Å². The molecule has 0 aliphatic rings. The fraction of sp³-hybridized carbons (Fsp3) is 0.556. The summed E-state index contributed by atoms with van der Waals surface area (Å²) in [6.45, 7) is 1.10. The molecule has 0 amide bonds. The molecule has 0 fully saturated rings. The zero-order valence-corrected chi connectivity index (χ0v) is 8.26. The van der Waals surface area contributed by atoms with E-state index in [0.29, 0.717) is 0 Å². The third kappa shape index (κ3) is 6.21. The molecule has 6 heteroatoms. The van der Waals surface area contributed by atoms with Crippen molar-refractivity contribution in [1.29, 1.82) is 0 Å². The van der Waals surface area contributed by atoms with Crippen LogP contribution < -0.4 is 0 Å². The Morgan fingerprint density at radius 3 is 2.60 bits per heavy atom. The van der Waals surface area contributed by atoms with Gasteiger partial charge in [0.05, 0.1) is 13.0 Å². The summed E-state index contributed by atoms with van der Waals surface area (Å²) in [6.07, 6.45) is 4.52. The summed E-state index contributed by atoms with van der Waals surface area (Å²) in [5.74, 6) is 0.949. The number of ether oxygens (including phenoxy) is 1. The minimum atomic E-state index is -1.16. The molecule has 0 radical (unpaired) electrons. The standard InChI is InChI=1S/C9H11NO5/c1-3-8(10(13)14)4-5-15-9(12)6-7(2)11/h1,8H,4-6H2,2H3. The van der Waals surface area contributed by atoms with Gasteiger partial charge in [-0.2, -0.15) is 0 Å². The molecule has 0 aromatic rings. The van der Waals surface area contributed by atoms with Crippen molar-refractivity contribution in [3.8, 4) is 12.3 Å². The summed E-state index contributed by atoms with van der Waals surface area (Å²) in [4.78, 5) is 30.9. The molecule has 82 valence electrons. The molecule has 0 N–H and O–H groups in total. The van der Waals surface area contributed by atoms with Crippen LogP contribution in [0.3, 0.4) is 0 Å². The number of rotatable bonds is 6. The van der Waals surface area contributed by atoms with Gasteiger partial charge in [-0.3, -0.25) is 19.7 Å². The number of hydrogen-bond donors (Lipinski definition) is 0. The number of ketones is 1. The largest absolute Gasteiger partial charge is 0.465 e. The first-order valence-electron chi connectivity index (χ1n) is 4.22. The van der Waals surface area contributed by atoms with E-state index in [1.807, 2.05) is 5.92 Å². The van der Waals surface area contributed by atoms with E-state index in [1.165, 1.54) is 6.92 Å². The van der Waals surface area contributed by atoms with Crippen LogP contribution in [-0.2, 0) is 14.3 Å². The summed E-state index contributed by atoms with van der Waals surface area (Å²) in [5, 5.41) is 10.3. The summed E-state index contributed by atoms with van der Waals surface area (Å²) in [6, 6.07) is -1.16. The summed E-state index contributed by atoms with van der Waals surface area (Å²) < 4.78 is 4.58. The highest BCUT2D eigenvalue weighted by molar-refractivity contribution is 5.94. The number of terminal acetylenes is 1. The highest BCUT2D eigenvalue weighted by atomic mass is 16.6. The summed E-state index contributed by atoms with van der Waals surface area (Å²) in [5.41, 5.74) is 0. The number of carbonyl (C=O) groups is 2. The highest BCUT2D eigenvalue weighted by Crippen LogP contribution is 1.97. The van der Waals surface area contributed by atoms with Gasteiger partial charge in [-0.1, -0.05) is 0 Å². The van der Waals surface area contributed by atoms with Crippen LogP contribution in [0.5, 0.6) is 0 Å². The first kappa shape index (κ1) is 13.1. The Labute approximate surface area is 86.7 Å². The van der Waals surface area contributed by atoms with E-state index in [2.05, 4.69) is 4.74 Å². The number of Topliss-reactive ketones (excluding diaryl/α,β-unsaturated/α-hetero) is 1. The van der Waals surface area contributed by atoms with Gasteiger partial charge >= 0.3 is 5.97 Å². The molecule has 0 rings (SSSR count). The lowest BCUT2D eigenvalue weighted by Gasteiger charge is -2.04. The SMILES string of the molecule is C#CC(CCOC(=O)CC(C)=O)[N+](=O)[O-]. The number of nitrogens with zero attached hydrogens (tertiary/aromatic N) is 1. The average Bonchev–Trinajstić information content (AvgIpc) is 2.10. The molecule has 0 heterocycles. The first-order chi connectivity index (χ1) is 6.97. The Morgan fingerprint density at radius 2 is 2.20 bits per heavy atom. The second kappa shape index (κ2) is 6.54. The predicted molar refractivity (Wildman–Crippen MR) is 50.5 cm³/mol. The quantitative estimate of drug-likeness (QED) is 0.206. The van der Waals surface area contributed by atoms with Gasteiger partial charge in [0, 0.05) is 4.92 Å². The van der Waals surface area contributed by atoms with Gasteiger partial charge in [-0.25, -0.2) is 0 Å². The molecule has 0 spiro atoms. The molecular weight excluding hydrogens is 202 g/mol. The third-order valence-corrected chi connectivity index (χ3v) is 1.49. The van der Waals surface area contributed by atoms with E-state index in [-0.39, 0.29) is 25.2 Å². The van der Waals surface area contributed by atoms with Crippen molar-refractivity contribution in [2.75, 3.05) is 6.61 Å². The Balaban J connectivity index is 3.79. The number of esters is 1. The molecule has 0 aromatic carbocycles. The van der Waals surface area contributed by atoms with Gasteiger partial charge in [-0.05, 0) is 12.8 Å². The van der Waals surface area contributed by atoms with Crippen LogP contribution in [0.2, 0.25) is 0 Å². The molecule has 15 heavy (non-hydrogen) atoms. The van der Waals surface area contributed by atoms with Crippen LogP contribution in [-0.4, -0.2) is 29.3 Å². The maximum absolute atomic E-state index is 10.8. The molecular formula is C9H11NO5. The summed E-state index contributed by atoms with van der Waals surface area (Å²) >= 11 is 0. The Hall–Kier alpha value is -1.90. The minimum absolute atomic E-state index is 0.0485. The monoisotopic (exact) mass is 213 g/mol. The normalized spacial score (nSPS) is 11.2. The van der Waals surface area contributed by atoms with Crippen LogP contribution in [0.4, 0.5) is 0 Å². The molecule has 0 bridgehead atoms. The second-order valence-corrected chi connectivity index (χ2v) is 2.86. The van der Waals surface area contributed by atoms with Crippen LogP contribution in [0.1, 0.15) is 19.8 Å². The van der Waals surface area contributed by atoms with Crippen LogP contribution in [0.25, 0.3) is 0 Å². The van der Waals surface area contributed by atoms with Crippen molar-refractivity contribution in [3.05, 3.63) is 10.1 Å². The van der Waals surface area contributed by atoms with Crippen molar-refractivity contribution in [2.45, 2.75) is 25.8 Å². The summed E-state index contributed by atoms with van der Waals surface area (Å²) in [7, 11) is 0. The van der Waals surface area contributed by atoms with E-state index < -0.39 is 16.9 Å². The van der Waals surface area contributed by atoms with Crippen LogP contribution in [0, 0.1) is 22.5 Å². The molecule has 0 aromatic heterocycles. The molecule has 0 aliphatic carbocycles. The number of nitro groups is 1. The Kier molecular flexibility index (Phi) is 5.71. The van der Waals surface area contributed by atoms with Gasteiger partial charge in [0.15, 0.2) is 0 Å². The zero-order chi connectivity index (χ0) is 11.8. The number of hydrogen-bond acceptors (Lipinski definition) is 5. The lowest BCUT2D eigenvalue weighted by Crippen LogP contribution is -2.20. The van der Waals surface area contributed by atoms with Gasteiger partial charge in [0.1, 0.15) is 12.2 Å². The fourth-order valence-electron chi connectivity index (χ4n) is 0.788. The van der Waals surface area contributed by atoms with Crippen molar-refractivity contribution in [1.82, 2.24) is 0 Å². The van der Waals surface area contributed by atoms with Crippen LogP contribution >= 0.6 is 0 Å². The predicted octanol–water partition coefficient (Wildman–Crippen LogP) is 0.177. The molecule has 1 atom stereocenters. The molecule has 0 saturated heterocycles. The van der Waals surface area contributed by atoms with Crippen molar-refractivity contribution in [2.24, 2.45) is 0 Å². The topological polar surface area (TPSA) is 86.5 Å². The van der Waals surface area contributed by atoms with Gasteiger partial charge < -0.3 is 4.74 Å². The lowest BCUT2D eigenvalue weighted by atomic mass is 10.2. The van der Waals surface area contributed by atoms with E-state index in [4.69, 9.17) is 6.42 Å². The van der Waals surface area contributed by atoms with E-state index in [1.54, 1.807) is 0 Å². The third-order valence-electron chi connectivity index (χ3n) is 1.49. The smallest absolute Gasteiger partial charge is 0.313 e. The van der Waals surface area contributed by atoms with E-state index in [9.17, 15) is 19.7 Å². The average molecular weight is 213 g/mol. The molecule has 6 nitrogen and oxygen atoms in total. The first-order valence-corrected chi connectivity index (χ1v) is 4.22. The minimum Gasteiger partial charge on any atom is -0.465 e. The Bertz CT molecular complexity index is 304. The lowest BCUT2D eigenvalue weighted by molar-refractivity contribution is -0.507. The fourth-order valence-corrected chi connectivity index (χ4v) is 0.788.